The minimum atomic E-state index is -0.0228. The summed E-state index contributed by atoms with van der Waals surface area (Å²) in [6.07, 6.45) is 8.53. The van der Waals surface area contributed by atoms with E-state index < -0.39 is 0 Å². The van der Waals surface area contributed by atoms with Crippen LogP contribution in [0.1, 0.15) is 44.1 Å². The lowest BCUT2D eigenvalue weighted by atomic mass is 9.78. The van der Waals surface area contributed by atoms with Crippen LogP contribution in [0.3, 0.4) is 0 Å². The first kappa shape index (κ1) is 22.0. The molecule has 174 valence electrons. The highest BCUT2D eigenvalue weighted by molar-refractivity contribution is 5.51. The van der Waals surface area contributed by atoms with Gasteiger partial charge in [0, 0.05) is 56.2 Å². The van der Waals surface area contributed by atoms with Gasteiger partial charge in [-0.05, 0) is 56.7 Å². The molecule has 0 bridgehead atoms. The number of rotatable bonds is 7. The van der Waals surface area contributed by atoms with E-state index in [0.29, 0.717) is 24.2 Å². The van der Waals surface area contributed by atoms with E-state index in [1.165, 1.54) is 5.56 Å². The van der Waals surface area contributed by atoms with Crippen LogP contribution in [0.4, 0.5) is 0 Å². The lowest BCUT2D eigenvalue weighted by Crippen LogP contribution is -2.49. The Morgan fingerprint density at radius 1 is 1.15 bits per heavy atom. The average molecular weight is 449 g/mol. The van der Waals surface area contributed by atoms with Crippen molar-refractivity contribution < 1.29 is 14.0 Å². The summed E-state index contributed by atoms with van der Waals surface area (Å²) in [6, 6.07) is 12.2. The Morgan fingerprint density at radius 2 is 2.03 bits per heavy atom. The molecule has 3 aromatic rings. The van der Waals surface area contributed by atoms with Gasteiger partial charge in [0.05, 0.1) is 12.2 Å². The van der Waals surface area contributed by atoms with Crippen LogP contribution in [0.25, 0.3) is 11.4 Å². The van der Waals surface area contributed by atoms with Crippen molar-refractivity contribution in [3.63, 3.8) is 0 Å². The number of piperidine rings is 1. The Bertz CT molecular complexity index is 1030. The molecule has 2 saturated heterocycles. The van der Waals surface area contributed by atoms with Crippen LogP contribution < -0.4 is 4.74 Å². The second-order valence-electron chi connectivity index (χ2n) is 9.16. The van der Waals surface area contributed by atoms with Crippen molar-refractivity contribution in [3.8, 4) is 17.1 Å². The van der Waals surface area contributed by atoms with E-state index in [0.717, 1.165) is 69.7 Å². The second-order valence-corrected chi connectivity index (χ2v) is 9.16. The quantitative estimate of drug-likeness (QED) is 0.526. The number of benzene rings is 1. The highest BCUT2D eigenvalue weighted by Crippen LogP contribution is 2.39. The monoisotopic (exact) mass is 448 g/mol. The highest BCUT2D eigenvalue weighted by atomic mass is 16.5. The summed E-state index contributed by atoms with van der Waals surface area (Å²) in [6.45, 7) is 6.54. The third-order valence-corrected chi connectivity index (χ3v) is 6.88. The normalized spacial score (nSPS) is 20.7. The molecule has 0 N–H and O–H groups in total. The van der Waals surface area contributed by atoms with E-state index in [9.17, 15) is 0 Å². The van der Waals surface area contributed by atoms with E-state index in [-0.39, 0.29) is 5.60 Å². The summed E-state index contributed by atoms with van der Waals surface area (Å²) in [5, 5.41) is 4.15. The molecule has 7 heteroatoms. The van der Waals surface area contributed by atoms with Gasteiger partial charge in [0.1, 0.15) is 5.75 Å². The van der Waals surface area contributed by atoms with Crippen molar-refractivity contribution in [2.45, 2.75) is 51.2 Å². The van der Waals surface area contributed by atoms with Crippen molar-refractivity contribution in [2.75, 3.05) is 26.3 Å². The molecule has 1 unspecified atom stereocenters. The van der Waals surface area contributed by atoms with Crippen LogP contribution in [-0.2, 0) is 17.7 Å². The van der Waals surface area contributed by atoms with E-state index in [1.54, 1.807) is 12.4 Å². The zero-order valence-corrected chi connectivity index (χ0v) is 19.3. The number of aromatic nitrogens is 3. The smallest absolute Gasteiger partial charge is 0.227 e. The third kappa shape index (κ3) is 5.25. The van der Waals surface area contributed by atoms with Crippen LogP contribution in [0.5, 0.6) is 5.75 Å². The number of hydrogen-bond donors (Lipinski definition) is 0. The van der Waals surface area contributed by atoms with Gasteiger partial charge in [-0.1, -0.05) is 23.4 Å². The maximum Gasteiger partial charge on any atom is 0.227 e. The summed E-state index contributed by atoms with van der Waals surface area (Å²) in [4.78, 5) is 11.3. The van der Waals surface area contributed by atoms with E-state index in [4.69, 9.17) is 14.0 Å². The van der Waals surface area contributed by atoms with Gasteiger partial charge in [-0.2, -0.15) is 4.98 Å². The summed E-state index contributed by atoms with van der Waals surface area (Å²) in [7, 11) is 0. The molecule has 0 amide bonds. The van der Waals surface area contributed by atoms with Crippen LogP contribution in [0.15, 0.2) is 53.3 Å². The molecule has 1 aromatic carbocycles. The molecule has 2 aliphatic heterocycles. The van der Waals surface area contributed by atoms with Gasteiger partial charge in [0.15, 0.2) is 0 Å². The molecular formula is C26H32N4O3. The number of likely N-dealkylation sites (tertiary alicyclic amines) is 1. The fraction of sp³-hybridized carbons (Fsp3) is 0.500. The van der Waals surface area contributed by atoms with Gasteiger partial charge in [-0.15, -0.1) is 0 Å². The van der Waals surface area contributed by atoms with Crippen molar-refractivity contribution in [1.82, 2.24) is 20.0 Å². The first-order chi connectivity index (χ1) is 16.2. The molecule has 5 rings (SSSR count). The van der Waals surface area contributed by atoms with Gasteiger partial charge >= 0.3 is 0 Å². The second kappa shape index (κ2) is 10.0. The van der Waals surface area contributed by atoms with Crippen LogP contribution in [0, 0.1) is 5.92 Å². The Labute approximate surface area is 195 Å². The number of nitrogens with zero attached hydrogens (tertiary/aromatic N) is 4. The van der Waals surface area contributed by atoms with E-state index in [2.05, 4.69) is 38.2 Å². The van der Waals surface area contributed by atoms with E-state index in [1.807, 2.05) is 25.1 Å². The Balaban J connectivity index is 1.17. The largest absolute Gasteiger partial charge is 0.494 e. The van der Waals surface area contributed by atoms with E-state index >= 15 is 0 Å². The molecular weight excluding hydrogens is 416 g/mol. The SMILES string of the molecule is CCOc1ccccc1CN1CCC2(CC1)CC(Cc1nc(-c3cccnc3)no1)CCO2. The Morgan fingerprint density at radius 3 is 2.85 bits per heavy atom. The number of para-hydroxylation sites is 1. The molecule has 33 heavy (non-hydrogen) atoms. The number of hydrogen-bond acceptors (Lipinski definition) is 7. The van der Waals surface area contributed by atoms with Gasteiger partial charge in [-0.3, -0.25) is 9.88 Å². The molecule has 1 spiro atoms. The summed E-state index contributed by atoms with van der Waals surface area (Å²) >= 11 is 0. The first-order valence-electron chi connectivity index (χ1n) is 12.0. The van der Waals surface area contributed by atoms with Crippen molar-refractivity contribution >= 4 is 0 Å². The molecule has 0 radical (unpaired) electrons. The molecule has 0 saturated carbocycles. The fourth-order valence-corrected chi connectivity index (χ4v) is 5.14. The number of pyridine rings is 1. The Hall–Kier alpha value is -2.77. The summed E-state index contributed by atoms with van der Waals surface area (Å²) in [5.41, 5.74) is 2.12. The van der Waals surface area contributed by atoms with Gasteiger partial charge in [-0.25, -0.2) is 0 Å². The first-order valence-corrected chi connectivity index (χ1v) is 12.0. The molecule has 2 fully saturated rings. The molecule has 2 aromatic heterocycles. The minimum absolute atomic E-state index is 0.0228. The van der Waals surface area contributed by atoms with Crippen LogP contribution >= 0.6 is 0 Å². The standard InChI is InChI=1S/C26H32N4O3/c1-2-31-23-8-4-3-6-22(23)19-30-13-10-26(11-14-30)17-20(9-15-32-26)16-24-28-25(29-33-24)21-7-5-12-27-18-21/h3-8,12,18,20H,2,9-11,13-17,19H2,1H3. The predicted molar refractivity (Wildman–Crippen MR) is 125 cm³/mol. The topological polar surface area (TPSA) is 73.5 Å². The average Bonchev–Trinajstić information content (AvgIpc) is 3.31. The number of ether oxygens (including phenoxy) is 2. The molecule has 7 nitrogen and oxygen atoms in total. The molecule has 1 atom stereocenters. The zero-order chi connectivity index (χ0) is 22.5. The van der Waals surface area contributed by atoms with Gasteiger partial charge in [0.25, 0.3) is 0 Å². The van der Waals surface area contributed by atoms with Crippen molar-refractivity contribution in [3.05, 3.63) is 60.2 Å². The van der Waals surface area contributed by atoms with Crippen molar-refractivity contribution in [1.29, 1.82) is 0 Å². The molecule has 2 aliphatic rings. The summed E-state index contributed by atoms with van der Waals surface area (Å²) in [5.74, 6) is 2.83. The van der Waals surface area contributed by atoms with Crippen molar-refractivity contribution in [2.24, 2.45) is 5.92 Å². The van der Waals surface area contributed by atoms with Gasteiger partial charge in [0.2, 0.25) is 11.7 Å². The lowest BCUT2D eigenvalue weighted by molar-refractivity contribution is -0.128. The van der Waals surface area contributed by atoms with Crippen LogP contribution in [-0.4, -0.2) is 51.9 Å². The van der Waals surface area contributed by atoms with Gasteiger partial charge < -0.3 is 14.0 Å². The Kier molecular flexibility index (Phi) is 6.69. The zero-order valence-electron chi connectivity index (χ0n) is 19.3. The highest BCUT2D eigenvalue weighted by Gasteiger charge is 2.40. The van der Waals surface area contributed by atoms with Crippen LogP contribution in [0.2, 0.25) is 0 Å². The molecule has 0 aliphatic carbocycles. The third-order valence-electron chi connectivity index (χ3n) is 6.88. The fourth-order valence-electron chi connectivity index (χ4n) is 5.14. The maximum absolute atomic E-state index is 6.38. The predicted octanol–water partition coefficient (Wildman–Crippen LogP) is 4.53. The summed E-state index contributed by atoms with van der Waals surface area (Å²) < 4.78 is 17.8. The minimum Gasteiger partial charge on any atom is -0.494 e. The maximum atomic E-state index is 6.38. The molecule has 4 heterocycles. The lowest BCUT2D eigenvalue weighted by Gasteiger charge is -2.46.